The molecule has 1 aromatic carbocycles. The molecule has 1 N–H and O–H groups in total. The van der Waals surface area contributed by atoms with Crippen LogP contribution < -0.4 is 5.32 Å². The number of aromatic nitrogens is 4. The lowest BCUT2D eigenvalue weighted by atomic mass is 10.1. The van der Waals surface area contributed by atoms with Crippen LogP contribution in [0.5, 0.6) is 0 Å². The fraction of sp³-hybridized carbons (Fsp3) is 0.368. The summed E-state index contributed by atoms with van der Waals surface area (Å²) in [6.45, 7) is 8.25. The lowest BCUT2D eigenvalue weighted by Crippen LogP contribution is -2.28. The van der Waals surface area contributed by atoms with Crippen LogP contribution in [0.2, 0.25) is 0 Å². The molecule has 7 nitrogen and oxygen atoms in total. The molecule has 0 saturated heterocycles. The molecule has 26 heavy (non-hydrogen) atoms. The smallest absolute Gasteiger partial charge is 0.322 e. The minimum atomic E-state index is -0.265. The summed E-state index contributed by atoms with van der Waals surface area (Å²) in [5.41, 5.74) is 3.31. The summed E-state index contributed by atoms with van der Waals surface area (Å²) in [6, 6.07) is 7.88. The van der Waals surface area contributed by atoms with E-state index in [9.17, 15) is 4.79 Å². The van der Waals surface area contributed by atoms with E-state index in [2.05, 4.69) is 36.1 Å². The molecule has 0 saturated carbocycles. The van der Waals surface area contributed by atoms with Gasteiger partial charge in [0.15, 0.2) is 5.65 Å². The minimum Gasteiger partial charge on any atom is -0.331 e. The SMILES string of the molecule is Cc1ccc(-c2nn(C(C)(C)C)c3ncnc(NC(=O)N(C)C)c23)cc1. The second-order valence-electron chi connectivity index (χ2n) is 7.54. The van der Waals surface area contributed by atoms with Crippen molar-refractivity contribution in [2.24, 2.45) is 0 Å². The molecule has 136 valence electrons. The van der Waals surface area contributed by atoms with E-state index in [1.54, 1.807) is 14.1 Å². The monoisotopic (exact) mass is 352 g/mol. The first-order valence-corrected chi connectivity index (χ1v) is 8.48. The first-order valence-electron chi connectivity index (χ1n) is 8.48. The van der Waals surface area contributed by atoms with E-state index in [1.807, 2.05) is 35.9 Å². The highest BCUT2D eigenvalue weighted by Gasteiger charge is 2.25. The van der Waals surface area contributed by atoms with Crippen LogP contribution in [-0.2, 0) is 5.54 Å². The highest BCUT2D eigenvalue weighted by atomic mass is 16.2. The third-order valence-electron chi connectivity index (χ3n) is 4.06. The Bertz CT molecular complexity index is 951. The molecular weight excluding hydrogens is 328 g/mol. The van der Waals surface area contributed by atoms with Crippen molar-refractivity contribution in [2.75, 3.05) is 19.4 Å². The minimum absolute atomic E-state index is 0.247. The van der Waals surface area contributed by atoms with Crippen LogP contribution in [0.25, 0.3) is 22.3 Å². The molecule has 0 aliphatic heterocycles. The molecule has 2 amide bonds. The van der Waals surface area contributed by atoms with Gasteiger partial charge in [-0.1, -0.05) is 29.8 Å². The number of carbonyl (C=O) groups excluding carboxylic acids is 1. The number of nitrogens with zero attached hydrogens (tertiary/aromatic N) is 5. The Morgan fingerprint density at radius 2 is 1.77 bits per heavy atom. The maximum atomic E-state index is 12.2. The van der Waals surface area contributed by atoms with E-state index in [0.717, 1.165) is 16.6 Å². The Morgan fingerprint density at radius 3 is 2.35 bits per heavy atom. The van der Waals surface area contributed by atoms with Gasteiger partial charge in [-0.15, -0.1) is 0 Å². The molecule has 2 aromatic heterocycles. The number of aryl methyl sites for hydroxylation is 1. The molecule has 3 rings (SSSR count). The van der Waals surface area contributed by atoms with Crippen molar-refractivity contribution in [1.29, 1.82) is 0 Å². The van der Waals surface area contributed by atoms with Crippen LogP contribution in [0, 0.1) is 6.92 Å². The molecule has 0 radical (unpaired) electrons. The summed E-state index contributed by atoms with van der Waals surface area (Å²) in [6.07, 6.45) is 1.45. The zero-order chi connectivity index (χ0) is 19.1. The lowest BCUT2D eigenvalue weighted by molar-refractivity contribution is 0.230. The normalized spacial score (nSPS) is 11.6. The van der Waals surface area contributed by atoms with Crippen LogP contribution in [-0.4, -0.2) is 44.8 Å². The number of benzene rings is 1. The molecule has 0 fully saturated rings. The molecule has 7 heteroatoms. The number of hydrogen-bond donors (Lipinski definition) is 1. The number of urea groups is 1. The van der Waals surface area contributed by atoms with E-state index in [4.69, 9.17) is 5.10 Å². The number of fused-ring (bicyclic) bond motifs is 1. The molecule has 0 atom stereocenters. The summed E-state index contributed by atoms with van der Waals surface area (Å²) >= 11 is 0. The van der Waals surface area contributed by atoms with Crippen LogP contribution >= 0.6 is 0 Å². The Hall–Kier alpha value is -2.96. The van der Waals surface area contributed by atoms with Crippen LogP contribution in [0.3, 0.4) is 0 Å². The van der Waals surface area contributed by atoms with E-state index in [1.165, 1.54) is 16.8 Å². The van der Waals surface area contributed by atoms with E-state index >= 15 is 0 Å². The highest BCUT2D eigenvalue weighted by molar-refractivity contribution is 6.04. The molecule has 0 aliphatic rings. The van der Waals surface area contributed by atoms with Gasteiger partial charge in [-0.3, -0.25) is 5.32 Å². The molecular formula is C19H24N6O. The Balaban J connectivity index is 2.28. The predicted octanol–water partition coefficient (Wildman–Crippen LogP) is 3.65. The summed E-state index contributed by atoms with van der Waals surface area (Å²) in [5.74, 6) is 0.458. The van der Waals surface area contributed by atoms with Gasteiger partial charge in [0.1, 0.15) is 17.8 Å². The van der Waals surface area contributed by atoms with E-state index in [0.29, 0.717) is 11.5 Å². The van der Waals surface area contributed by atoms with Crippen molar-refractivity contribution in [3.63, 3.8) is 0 Å². The van der Waals surface area contributed by atoms with Gasteiger partial charge in [0, 0.05) is 19.7 Å². The molecule has 0 spiro atoms. The second-order valence-corrected chi connectivity index (χ2v) is 7.54. The van der Waals surface area contributed by atoms with Crippen molar-refractivity contribution in [2.45, 2.75) is 33.2 Å². The second kappa shape index (κ2) is 6.40. The molecule has 0 aliphatic carbocycles. The maximum absolute atomic E-state index is 12.2. The van der Waals surface area contributed by atoms with E-state index < -0.39 is 0 Å². The Labute approximate surface area is 153 Å². The van der Waals surface area contributed by atoms with Crippen LogP contribution in [0.1, 0.15) is 26.3 Å². The van der Waals surface area contributed by atoms with Crippen molar-refractivity contribution in [3.8, 4) is 11.3 Å². The Morgan fingerprint density at radius 1 is 1.12 bits per heavy atom. The largest absolute Gasteiger partial charge is 0.331 e. The number of hydrogen-bond acceptors (Lipinski definition) is 4. The fourth-order valence-electron chi connectivity index (χ4n) is 2.64. The third-order valence-corrected chi connectivity index (χ3v) is 4.06. The average molecular weight is 352 g/mol. The van der Waals surface area contributed by atoms with Gasteiger partial charge in [-0.25, -0.2) is 19.4 Å². The number of nitrogens with one attached hydrogen (secondary N) is 1. The number of amides is 2. The first kappa shape index (κ1) is 17.8. The summed E-state index contributed by atoms with van der Waals surface area (Å²) in [5, 5.41) is 8.41. The van der Waals surface area contributed by atoms with Crippen LogP contribution in [0.15, 0.2) is 30.6 Å². The predicted molar refractivity (Wildman–Crippen MR) is 103 cm³/mol. The van der Waals surface area contributed by atoms with Gasteiger partial charge in [-0.2, -0.15) is 5.10 Å². The van der Waals surface area contributed by atoms with Gasteiger partial charge < -0.3 is 4.90 Å². The fourth-order valence-corrected chi connectivity index (χ4v) is 2.64. The van der Waals surface area contributed by atoms with Gasteiger partial charge in [0.2, 0.25) is 0 Å². The maximum Gasteiger partial charge on any atom is 0.322 e. The van der Waals surface area contributed by atoms with Gasteiger partial charge >= 0.3 is 6.03 Å². The van der Waals surface area contributed by atoms with Crippen molar-refractivity contribution in [3.05, 3.63) is 36.2 Å². The Kier molecular flexibility index (Phi) is 4.39. The topological polar surface area (TPSA) is 75.9 Å². The van der Waals surface area contributed by atoms with Crippen molar-refractivity contribution >= 4 is 22.9 Å². The lowest BCUT2D eigenvalue weighted by Gasteiger charge is -2.19. The average Bonchev–Trinajstić information content (AvgIpc) is 2.96. The van der Waals surface area contributed by atoms with Gasteiger partial charge in [0.05, 0.1) is 10.9 Å². The van der Waals surface area contributed by atoms with Gasteiger partial charge in [0.25, 0.3) is 0 Å². The van der Waals surface area contributed by atoms with Gasteiger partial charge in [-0.05, 0) is 27.7 Å². The van der Waals surface area contributed by atoms with Crippen molar-refractivity contribution in [1.82, 2.24) is 24.6 Å². The summed E-state index contributed by atoms with van der Waals surface area (Å²) in [4.78, 5) is 22.4. The summed E-state index contributed by atoms with van der Waals surface area (Å²) in [7, 11) is 3.38. The highest BCUT2D eigenvalue weighted by Crippen LogP contribution is 2.34. The molecule has 0 unspecified atom stereocenters. The molecule has 0 bridgehead atoms. The number of carbonyl (C=O) groups is 1. The zero-order valence-corrected chi connectivity index (χ0v) is 16.0. The summed E-state index contributed by atoms with van der Waals surface area (Å²) < 4.78 is 1.88. The van der Waals surface area contributed by atoms with Crippen molar-refractivity contribution < 1.29 is 4.79 Å². The van der Waals surface area contributed by atoms with E-state index in [-0.39, 0.29) is 11.6 Å². The standard InChI is InChI=1S/C19H24N6O/c1-12-7-9-13(10-8-12)15-14-16(22-18(26)24(5)6)20-11-21-17(14)25(23-15)19(2,3)4/h7-11H,1-6H3,(H,20,21,22,26). The number of anilines is 1. The third kappa shape index (κ3) is 3.24. The first-order chi connectivity index (χ1) is 12.2. The number of rotatable bonds is 2. The molecule has 2 heterocycles. The zero-order valence-electron chi connectivity index (χ0n) is 16.0. The quantitative estimate of drug-likeness (QED) is 0.764. The van der Waals surface area contributed by atoms with Crippen LogP contribution in [0.4, 0.5) is 10.6 Å². The molecule has 3 aromatic rings.